The van der Waals surface area contributed by atoms with Crippen molar-refractivity contribution in [2.24, 2.45) is 0 Å². The van der Waals surface area contributed by atoms with Crippen LogP contribution >= 0.6 is 0 Å². The van der Waals surface area contributed by atoms with Gasteiger partial charge in [-0.1, -0.05) is 91.0 Å². The second-order valence-corrected chi connectivity index (χ2v) is 12.5. The maximum absolute atomic E-state index is 14.4. The van der Waals surface area contributed by atoms with E-state index < -0.39 is 5.41 Å². The SMILES string of the molecule is O=c1c2ccncc2c2c3n1-c1ncccc1C1(C=3CCC=2)c2ccccc2N(c2ccc(-c3ccccc3)cc2)c2ccccc21. The van der Waals surface area contributed by atoms with Crippen molar-refractivity contribution in [1.82, 2.24) is 14.5 Å². The number of para-hydroxylation sites is 2. The smallest absolute Gasteiger partial charge is 0.264 e. The molecule has 4 aromatic carbocycles. The Hall–Kier alpha value is -6.07. The average molecular weight is 605 g/mol. The molecule has 0 unspecified atom stereocenters. The van der Waals surface area contributed by atoms with Crippen LogP contribution in [0.4, 0.5) is 17.1 Å². The van der Waals surface area contributed by atoms with E-state index in [1.807, 2.05) is 29.0 Å². The van der Waals surface area contributed by atoms with Gasteiger partial charge in [0.25, 0.3) is 5.56 Å². The number of aromatic nitrogens is 3. The first kappa shape index (κ1) is 26.2. The molecule has 0 N–H and O–H groups in total. The number of rotatable bonds is 2. The van der Waals surface area contributed by atoms with Gasteiger partial charge < -0.3 is 4.90 Å². The van der Waals surface area contributed by atoms with E-state index in [9.17, 15) is 4.79 Å². The lowest BCUT2D eigenvalue weighted by Crippen LogP contribution is -2.54. The highest BCUT2D eigenvalue weighted by atomic mass is 16.1. The number of fused-ring (bicyclic) bond motifs is 10. The Morgan fingerprint density at radius 3 is 2.09 bits per heavy atom. The van der Waals surface area contributed by atoms with Gasteiger partial charge in [0, 0.05) is 40.4 Å². The molecule has 5 nitrogen and oxygen atoms in total. The monoisotopic (exact) mass is 604 g/mol. The van der Waals surface area contributed by atoms with E-state index in [0.717, 1.165) is 51.4 Å². The van der Waals surface area contributed by atoms with Crippen molar-refractivity contribution in [3.8, 4) is 16.9 Å². The summed E-state index contributed by atoms with van der Waals surface area (Å²) in [5, 5.41) is 3.59. The Morgan fingerprint density at radius 2 is 1.32 bits per heavy atom. The topological polar surface area (TPSA) is 51.0 Å². The van der Waals surface area contributed by atoms with Gasteiger partial charge in [0.1, 0.15) is 5.82 Å². The van der Waals surface area contributed by atoms with Crippen LogP contribution < -0.4 is 21.0 Å². The number of pyridine rings is 3. The molecule has 10 rings (SSSR count). The zero-order valence-electron chi connectivity index (χ0n) is 25.5. The van der Waals surface area contributed by atoms with Crippen molar-refractivity contribution in [2.75, 3.05) is 4.90 Å². The van der Waals surface area contributed by atoms with Gasteiger partial charge in [0.2, 0.25) is 0 Å². The highest BCUT2D eigenvalue weighted by molar-refractivity contribution is 5.96. The molecule has 5 heterocycles. The lowest BCUT2D eigenvalue weighted by atomic mass is 9.59. The zero-order chi connectivity index (χ0) is 31.1. The number of anilines is 3. The van der Waals surface area contributed by atoms with Gasteiger partial charge in [-0.2, -0.15) is 0 Å². The first-order valence-electron chi connectivity index (χ1n) is 16.1. The summed E-state index contributed by atoms with van der Waals surface area (Å²) in [6.07, 6.45) is 9.33. The molecule has 0 bridgehead atoms. The summed E-state index contributed by atoms with van der Waals surface area (Å²) in [7, 11) is 0. The second kappa shape index (κ2) is 9.71. The fourth-order valence-corrected chi connectivity index (χ4v) is 8.42. The number of nitrogens with zero attached hydrogens (tertiary/aromatic N) is 4. The zero-order valence-corrected chi connectivity index (χ0v) is 25.5. The van der Waals surface area contributed by atoms with Crippen molar-refractivity contribution in [3.63, 3.8) is 0 Å². The van der Waals surface area contributed by atoms with Crippen molar-refractivity contribution >= 4 is 39.5 Å². The van der Waals surface area contributed by atoms with Crippen LogP contribution in [0.5, 0.6) is 0 Å². The molecule has 5 heteroatoms. The third kappa shape index (κ3) is 3.40. The highest BCUT2D eigenvalue weighted by Gasteiger charge is 2.51. The number of hydrogen-bond acceptors (Lipinski definition) is 4. The largest absolute Gasteiger partial charge is 0.310 e. The Kier molecular flexibility index (Phi) is 5.41. The van der Waals surface area contributed by atoms with Gasteiger partial charge in [-0.25, -0.2) is 4.98 Å². The Balaban J connectivity index is 1.33. The number of benzene rings is 4. The quantitative estimate of drug-likeness (QED) is 0.208. The minimum absolute atomic E-state index is 0.0544. The molecule has 0 radical (unpaired) electrons. The molecule has 47 heavy (non-hydrogen) atoms. The van der Waals surface area contributed by atoms with E-state index in [1.54, 1.807) is 12.4 Å². The Labute approximate surface area is 271 Å². The van der Waals surface area contributed by atoms with Crippen LogP contribution in [0.3, 0.4) is 0 Å². The summed E-state index contributed by atoms with van der Waals surface area (Å²) in [4.78, 5) is 26.2. The summed E-state index contributed by atoms with van der Waals surface area (Å²) in [5.41, 5.74) is 9.65. The van der Waals surface area contributed by atoms with E-state index in [1.165, 1.54) is 27.8 Å². The average Bonchev–Trinajstić information content (AvgIpc) is 3.15. The lowest BCUT2D eigenvalue weighted by Gasteiger charge is -2.49. The first-order valence-corrected chi connectivity index (χ1v) is 16.1. The van der Waals surface area contributed by atoms with E-state index in [-0.39, 0.29) is 5.56 Å². The molecule has 3 aliphatic rings. The fraction of sp³-hybridized carbons (Fsp3) is 0.0714. The molecule has 1 spiro atoms. The van der Waals surface area contributed by atoms with Crippen LogP contribution in [-0.4, -0.2) is 14.5 Å². The standard InChI is InChI=1S/C42H28N4O/c47-41-31-23-25-43-26-32(31)30-12-8-15-35-39(30)46(41)40-36(16-9-24-44-40)42(35)33-13-4-6-17-37(33)45(38-18-7-5-14-34(38)42)29-21-19-28(20-22-29)27-10-2-1-3-11-27/h1-7,9-14,16-26H,8,15H2. The summed E-state index contributed by atoms with van der Waals surface area (Å²) < 4.78 is 1.88. The maximum atomic E-state index is 14.4. The fourth-order valence-electron chi connectivity index (χ4n) is 8.42. The summed E-state index contributed by atoms with van der Waals surface area (Å²) in [5.74, 6) is 0.691. The van der Waals surface area contributed by atoms with Crippen molar-refractivity contribution < 1.29 is 0 Å². The van der Waals surface area contributed by atoms with Gasteiger partial charge in [-0.3, -0.25) is 14.3 Å². The molecule has 222 valence electrons. The predicted molar refractivity (Wildman–Crippen MR) is 188 cm³/mol. The minimum Gasteiger partial charge on any atom is -0.310 e. The van der Waals surface area contributed by atoms with Crippen LogP contribution in [0.15, 0.2) is 145 Å². The summed E-state index contributed by atoms with van der Waals surface area (Å²) in [6.45, 7) is 0. The van der Waals surface area contributed by atoms with E-state index >= 15 is 0 Å². The predicted octanol–water partition coefficient (Wildman–Crippen LogP) is 7.30. The Bertz CT molecular complexity index is 2560. The molecule has 0 atom stereocenters. The molecule has 0 fully saturated rings. The van der Waals surface area contributed by atoms with Crippen LogP contribution in [0.2, 0.25) is 0 Å². The molecule has 7 aromatic rings. The van der Waals surface area contributed by atoms with E-state index in [2.05, 4.69) is 119 Å². The third-order valence-corrected chi connectivity index (χ3v) is 10.2. The van der Waals surface area contributed by atoms with Crippen molar-refractivity contribution in [3.05, 3.63) is 178 Å². The molecule has 0 amide bonds. The van der Waals surface area contributed by atoms with Crippen LogP contribution in [0.1, 0.15) is 29.5 Å². The summed E-state index contributed by atoms with van der Waals surface area (Å²) >= 11 is 0. The summed E-state index contributed by atoms with van der Waals surface area (Å²) in [6, 6.07) is 42.9. The van der Waals surface area contributed by atoms with Crippen molar-refractivity contribution in [1.29, 1.82) is 0 Å². The molecule has 0 saturated carbocycles. The molecule has 0 saturated heterocycles. The van der Waals surface area contributed by atoms with E-state index in [0.29, 0.717) is 11.2 Å². The normalized spacial score (nSPS) is 15.0. The van der Waals surface area contributed by atoms with Crippen LogP contribution in [-0.2, 0) is 5.41 Å². The van der Waals surface area contributed by atoms with E-state index in [4.69, 9.17) is 4.98 Å². The van der Waals surface area contributed by atoms with Gasteiger partial charge in [-0.15, -0.1) is 0 Å². The highest BCUT2D eigenvalue weighted by Crippen LogP contribution is 2.60. The van der Waals surface area contributed by atoms with Crippen LogP contribution in [0.25, 0.3) is 39.4 Å². The second-order valence-electron chi connectivity index (χ2n) is 12.5. The Morgan fingerprint density at radius 1 is 0.638 bits per heavy atom. The lowest BCUT2D eigenvalue weighted by molar-refractivity contribution is 0.683. The van der Waals surface area contributed by atoms with Gasteiger partial charge in [0.05, 0.1) is 27.5 Å². The van der Waals surface area contributed by atoms with Gasteiger partial charge in [0.15, 0.2) is 0 Å². The molecule has 3 aromatic heterocycles. The molecule has 2 aliphatic heterocycles. The van der Waals surface area contributed by atoms with Crippen LogP contribution in [0, 0.1) is 0 Å². The van der Waals surface area contributed by atoms with Gasteiger partial charge >= 0.3 is 0 Å². The first-order chi connectivity index (χ1) is 23.3. The maximum Gasteiger partial charge on any atom is 0.264 e. The molecule has 1 aliphatic carbocycles. The van der Waals surface area contributed by atoms with Gasteiger partial charge in [-0.05, 0) is 77.1 Å². The van der Waals surface area contributed by atoms with Crippen molar-refractivity contribution in [2.45, 2.75) is 18.3 Å². The third-order valence-electron chi connectivity index (χ3n) is 10.2. The minimum atomic E-state index is -0.650. The molecular formula is C42H28N4O. The number of hydrogen-bond donors (Lipinski definition) is 0. The molecular weight excluding hydrogens is 576 g/mol.